The highest BCUT2D eigenvalue weighted by molar-refractivity contribution is 5.68. The van der Waals surface area contributed by atoms with Crippen molar-refractivity contribution in [2.75, 3.05) is 5.73 Å². The number of carbonyl (C=O) groups excluding carboxylic acids is 1. The van der Waals surface area contributed by atoms with Crippen LogP contribution in [0.5, 0.6) is 0 Å². The smallest absolute Gasteiger partial charge is 0.410 e. The zero-order chi connectivity index (χ0) is 13.1. The van der Waals surface area contributed by atoms with Crippen LogP contribution in [-0.2, 0) is 11.3 Å². The first kappa shape index (κ1) is 12.7. The lowest BCUT2D eigenvalue weighted by Gasteiger charge is -2.23. The third kappa shape index (κ3) is 3.39. The Labute approximate surface area is 108 Å². The Morgan fingerprint density at radius 1 is 1.39 bits per heavy atom. The van der Waals surface area contributed by atoms with Crippen molar-refractivity contribution in [3.05, 3.63) is 29.8 Å². The van der Waals surface area contributed by atoms with Crippen LogP contribution in [0.4, 0.5) is 10.5 Å². The average Bonchev–Trinajstić information content (AvgIpc) is 3.11. The molecule has 0 atom stereocenters. The van der Waals surface area contributed by atoms with Gasteiger partial charge in [-0.25, -0.2) is 4.79 Å². The van der Waals surface area contributed by atoms with Crippen molar-refractivity contribution in [1.29, 1.82) is 0 Å². The zero-order valence-corrected chi connectivity index (χ0v) is 10.9. The quantitative estimate of drug-likeness (QED) is 0.833. The minimum Gasteiger partial charge on any atom is -0.447 e. The second-order valence-corrected chi connectivity index (χ2v) is 5.03. The summed E-state index contributed by atoms with van der Waals surface area (Å²) in [6, 6.07) is 7.96. The fourth-order valence-electron chi connectivity index (χ4n) is 1.82. The number of nitrogens with zero attached hydrogens (tertiary/aromatic N) is 1. The SMILES string of the molecule is CC(C)OC(=O)N(Cc1ccc(N)cc1)C1CC1. The Morgan fingerprint density at radius 3 is 2.50 bits per heavy atom. The molecule has 1 amide bonds. The molecule has 0 heterocycles. The van der Waals surface area contributed by atoms with Crippen molar-refractivity contribution in [1.82, 2.24) is 4.90 Å². The number of nitrogens with two attached hydrogens (primary N) is 1. The minimum absolute atomic E-state index is 0.0785. The minimum atomic E-state index is -0.218. The molecule has 4 nitrogen and oxygen atoms in total. The molecule has 0 aromatic heterocycles. The van der Waals surface area contributed by atoms with Gasteiger partial charge in [0.1, 0.15) is 0 Å². The number of benzene rings is 1. The summed E-state index contributed by atoms with van der Waals surface area (Å²) in [6.45, 7) is 4.33. The van der Waals surface area contributed by atoms with Crippen LogP contribution >= 0.6 is 0 Å². The summed E-state index contributed by atoms with van der Waals surface area (Å²) in [7, 11) is 0. The maximum atomic E-state index is 12.0. The Bertz CT molecular complexity index is 410. The first-order valence-electron chi connectivity index (χ1n) is 6.38. The third-order valence-corrected chi connectivity index (χ3v) is 2.89. The van der Waals surface area contributed by atoms with E-state index in [0.29, 0.717) is 12.6 Å². The van der Waals surface area contributed by atoms with E-state index < -0.39 is 0 Å². The molecule has 18 heavy (non-hydrogen) atoms. The van der Waals surface area contributed by atoms with Gasteiger partial charge in [0.2, 0.25) is 0 Å². The number of hydrogen-bond acceptors (Lipinski definition) is 3. The van der Waals surface area contributed by atoms with Crippen LogP contribution in [0.25, 0.3) is 0 Å². The predicted octanol–water partition coefficient (Wildman–Crippen LogP) is 2.78. The van der Waals surface area contributed by atoms with E-state index in [2.05, 4.69) is 0 Å². The summed E-state index contributed by atoms with van der Waals surface area (Å²) in [5.41, 5.74) is 7.47. The van der Waals surface area contributed by atoms with Crippen LogP contribution in [-0.4, -0.2) is 23.1 Å². The molecule has 0 saturated heterocycles. The Morgan fingerprint density at radius 2 is 2.00 bits per heavy atom. The fourth-order valence-corrected chi connectivity index (χ4v) is 1.82. The third-order valence-electron chi connectivity index (χ3n) is 2.89. The number of ether oxygens (including phenoxy) is 1. The van der Waals surface area contributed by atoms with Crippen LogP contribution < -0.4 is 5.73 Å². The summed E-state index contributed by atoms with van der Waals surface area (Å²) in [6.07, 6.45) is 1.85. The van der Waals surface area contributed by atoms with Gasteiger partial charge in [-0.2, -0.15) is 0 Å². The number of anilines is 1. The lowest BCUT2D eigenvalue weighted by atomic mass is 10.2. The van der Waals surface area contributed by atoms with Gasteiger partial charge < -0.3 is 15.4 Å². The van der Waals surface area contributed by atoms with Crippen molar-refractivity contribution in [2.45, 2.75) is 45.4 Å². The summed E-state index contributed by atoms with van der Waals surface area (Å²) in [5, 5.41) is 0. The number of nitrogen functional groups attached to an aromatic ring is 1. The molecule has 0 aliphatic heterocycles. The van der Waals surface area contributed by atoms with E-state index in [4.69, 9.17) is 10.5 Å². The fraction of sp³-hybridized carbons (Fsp3) is 0.500. The zero-order valence-electron chi connectivity index (χ0n) is 10.9. The van der Waals surface area contributed by atoms with Crippen LogP contribution in [0.2, 0.25) is 0 Å². The molecular formula is C14H20N2O2. The molecule has 0 spiro atoms. The molecule has 1 fully saturated rings. The summed E-state index contributed by atoms with van der Waals surface area (Å²) in [5.74, 6) is 0. The summed E-state index contributed by atoms with van der Waals surface area (Å²) < 4.78 is 5.27. The highest BCUT2D eigenvalue weighted by Gasteiger charge is 2.33. The molecule has 2 N–H and O–H groups in total. The standard InChI is InChI=1S/C14H20N2O2/c1-10(2)18-14(17)16(13-7-8-13)9-11-3-5-12(15)6-4-11/h3-6,10,13H,7-9,15H2,1-2H3. The average molecular weight is 248 g/mol. The molecule has 98 valence electrons. The van der Waals surface area contributed by atoms with Crippen molar-refractivity contribution in [3.8, 4) is 0 Å². The molecule has 1 aromatic carbocycles. The largest absolute Gasteiger partial charge is 0.447 e. The van der Waals surface area contributed by atoms with Gasteiger partial charge in [-0.05, 0) is 44.4 Å². The van der Waals surface area contributed by atoms with E-state index in [-0.39, 0.29) is 12.2 Å². The molecular weight excluding hydrogens is 228 g/mol. The van der Waals surface area contributed by atoms with Gasteiger partial charge in [0.15, 0.2) is 0 Å². The maximum Gasteiger partial charge on any atom is 0.410 e. The van der Waals surface area contributed by atoms with E-state index in [1.807, 2.05) is 43.0 Å². The Hall–Kier alpha value is -1.71. The van der Waals surface area contributed by atoms with Crippen molar-refractivity contribution < 1.29 is 9.53 Å². The lowest BCUT2D eigenvalue weighted by Crippen LogP contribution is -2.34. The lowest BCUT2D eigenvalue weighted by molar-refractivity contribution is 0.0721. The maximum absolute atomic E-state index is 12.0. The molecule has 1 saturated carbocycles. The molecule has 1 aromatic rings. The number of carbonyl (C=O) groups is 1. The number of rotatable bonds is 4. The normalized spacial score (nSPS) is 14.6. The van der Waals surface area contributed by atoms with Crippen LogP contribution in [0.3, 0.4) is 0 Å². The van der Waals surface area contributed by atoms with E-state index >= 15 is 0 Å². The van der Waals surface area contributed by atoms with Gasteiger partial charge in [0.25, 0.3) is 0 Å². The monoisotopic (exact) mass is 248 g/mol. The van der Waals surface area contributed by atoms with Crippen LogP contribution in [0.1, 0.15) is 32.3 Å². The second kappa shape index (κ2) is 5.29. The van der Waals surface area contributed by atoms with Crippen molar-refractivity contribution in [3.63, 3.8) is 0 Å². The summed E-state index contributed by atoms with van der Waals surface area (Å²) in [4.78, 5) is 13.8. The second-order valence-electron chi connectivity index (χ2n) is 5.03. The van der Waals surface area contributed by atoms with Crippen molar-refractivity contribution >= 4 is 11.8 Å². The van der Waals surface area contributed by atoms with Gasteiger partial charge >= 0.3 is 6.09 Å². The highest BCUT2D eigenvalue weighted by Crippen LogP contribution is 2.29. The van der Waals surface area contributed by atoms with Gasteiger partial charge in [-0.1, -0.05) is 12.1 Å². The van der Waals surface area contributed by atoms with Gasteiger partial charge in [0.05, 0.1) is 6.10 Å². The molecule has 0 radical (unpaired) electrons. The molecule has 2 rings (SSSR count). The topological polar surface area (TPSA) is 55.6 Å². The molecule has 1 aliphatic rings. The predicted molar refractivity (Wildman–Crippen MR) is 71.0 cm³/mol. The molecule has 0 bridgehead atoms. The molecule has 0 unspecified atom stereocenters. The van der Waals surface area contributed by atoms with E-state index in [0.717, 1.165) is 24.1 Å². The van der Waals surface area contributed by atoms with E-state index in [1.165, 1.54) is 0 Å². The first-order chi connectivity index (χ1) is 8.56. The van der Waals surface area contributed by atoms with Crippen molar-refractivity contribution in [2.24, 2.45) is 0 Å². The van der Waals surface area contributed by atoms with Gasteiger partial charge in [0, 0.05) is 18.3 Å². The molecule has 1 aliphatic carbocycles. The number of amides is 1. The van der Waals surface area contributed by atoms with Crippen LogP contribution in [0, 0.1) is 0 Å². The molecule has 4 heteroatoms. The van der Waals surface area contributed by atoms with E-state index in [1.54, 1.807) is 0 Å². The first-order valence-corrected chi connectivity index (χ1v) is 6.38. The van der Waals surface area contributed by atoms with Crippen LogP contribution in [0.15, 0.2) is 24.3 Å². The van der Waals surface area contributed by atoms with E-state index in [9.17, 15) is 4.79 Å². The highest BCUT2D eigenvalue weighted by atomic mass is 16.6. The van der Waals surface area contributed by atoms with Gasteiger partial charge in [-0.15, -0.1) is 0 Å². The summed E-state index contributed by atoms with van der Waals surface area (Å²) >= 11 is 0. The Balaban J connectivity index is 2.02. The number of hydrogen-bond donors (Lipinski definition) is 1. The Kier molecular flexibility index (Phi) is 3.75. The van der Waals surface area contributed by atoms with Gasteiger partial charge in [-0.3, -0.25) is 0 Å².